The van der Waals surface area contributed by atoms with Crippen LogP contribution in [-0.4, -0.2) is 35.2 Å². The Morgan fingerprint density at radius 1 is 1.50 bits per heavy atom. The molecule has 0 heterocycles. The molecule has 5 nitrogen and oxygen atoms in total. The number of nitrogens with zero attached hydrogens (tertiary/aromatic N) is 1. The molecular formula is C13H13ClFNO4. The highest BCUT2D eigenvalue weighted by Gasteiger charge is 2.21. The second-order valence-electron chi connectivity index (χ2n) is 3.82. The molecule has 7 heteroatoms. The lowest BCUT2D eigenvalue weighted by atomic mass is 10.2. The summed E-state index contributed by atoms with van der Waals surface area (Å²) in [5, 5.41) is 8.89. The second-order valence-corrected chi connectivity index (χ2v) is 4.22. The van der Waals surface area contributed by atoms with Gasteiger partial charge in [0.2, 0.25) is 0 Å². The molecule has 20 heavy (non-hydrogen) atoms. The largest absolute Gasteiger partial charge is 0.480 e. The van der Waals surface area contributed by atoms with E-state index in [2.05, 4.69) is 6.58 Å². The molecule has 0 bridgehead atoms. The van der Waals surface area contributed by atoms with E-state index >= 15 is 0 Å². The van der Waals surface area contributed by atoms with Gasteiger partial charge in [-0.25, -0.2) is 9.18 Å². The molecule has 0 aromatic heterocycles. The molecule has 0 unspecified atom stereocenters. The number of carbonyl (C=O) groups excluding carboxylic acids is 1. The second kappa shape index (κ2) is 7.49. The van der Waals surface area contributed by atoms with Crippen LogP contribution in [0.4, 0.5) is 9.18 Å². The standard InChI is InChI=1S/C13H13ClFNO4/c1-2-6-20-13(19)16(8-12(17)18)7-9-10(14)4-3-5-11(9)15/h2-5H,1,6-8H2,(H,17,18). The number of ether oxygens (including phenoxy) is 1. The van der Waals surface area contributed by atoms with Gasteiger partial charge in [-0.05, 0) is 12.1 Å². The summed E-state index contributed by atoms with van der Waals surface area (Å²) in [4.78, 5) is 23.3. The Bertz CT molecular complexity index is 501. The van der Waals surface area contributed by atoms with Gasteiger partial charge in [0.25, 0.3) is 0 Å². The summed E-state index contributed by atoms with van der Waals surface area (Å²) >= 11 is 5.84. The van der Waals surface area contributed by atoms with Crippen molar-refractivity contribution in [3.63, 3.8) is 0 Å². The van der Waals surface area contributed by atoms with Gasteiger partial charge in [0.15, 0.2) is 0 Å². The number of carboxylic acids is 1. The van der Waals surface area contributed by atoms with Crippen molar-refractivity contribution in [3.8, 4) is 0 Å². The van der Waals surface area contributed by atoms with Gasteiger partial charge in [0, 0.05) is 10.6 Å². The van der Waals surface area contributed by atoms with Gasteiger partial charge in [-0.1, -0.05) is 30.3 Å². The van der Waals surface area contributed by atoms with Crippen molar-refractivity contribution < 1.29 is 23.8 Å². The fourth-order valence-electron chi connectivity index (χ4n) is 1.44. The van der Waals surface area contributed by atoms with E-state index in [1.165, 1.54) is 24.3 Å². The highest BCUT2D eigenvalue weighted by Crippen LogP contribution is 2.21. The third-order valence-corrected chi connectivity index (χ3v) is 2.67. The fraction of sp³-hybridized carbons (Fsp3) is 0.231. The summed E-state index contributed by atoms with van der Waals surface area (Å²) in [6.07, 6.45) is 0.457. The predicted octanol–water partition coefficient (Wildman–Crippen LogP) is 2.69. The molecule has 0 spiro atoms. The summed E-state index contributed by atoms with van der Waals surface area (Å²) < 4.78 is 18.4. The monoisotopic (exact) mass is 301 g/mol. The summed E-state index contributed by atoms with van der Waals surface area (Å²) in [6.45, 7) is 2.38. The van der Waals surface area contributed by atoms with Crippen molar-refractivity contribution in [2.45, 2.75) is 6.54 Å². The number of hydrogen-bond donors (Lipinski definition) is 1. The first-order valence-electron chi connectivity index (χ1n) is 5.63. The Morgan fingerprint density at radius 3 is 2.75 bits per heavy atom. The topological polar surface area (TPSA) is 66.8 Å². The molecule has 0 radical (unpaired) electrons. The van der Waals surface area contributed by atoms with Crippen LogP contribution < -0.4 is 0 Å². The maximum atomic E-state index is 13.6. The molecule has 0 aliphatic carbocycles. The summed E-state index contributed by atoms with van der Waals surface area (Å²) in [5.41, 5.74) is 0.0333. The molecule has 1 aromatic rings. The van der Waals surface area contributed by atoms with E-state index in [0.29, 0.717) is 0 Å². The number of carboxylic acid groups (broad SMARTS) is 1. The Kier molecular flexibility index (Phi) is 5.99. The number of rotatable bonds is 6. The third-order valence-electron chi connectivity index (χ3n) is 2.32. The van der Waals surface area contributed by atoms with E-state index < -0.39 is 24.4 Å². The number of benzene rings is 1. The molecule has 1 N–H and O–H groups in total. The molecule has 1 rings (SSSR count). The van der Waals surface area contributed by atoms with Crippen molar-refractivity contribution in [3.05, 3.63) is 47.3 Å². The third kappa shape index (κ3) is 4.55. The molecule has 0 fully saturated rings. The zero-order valence-electron chi connectivity index (χ0n) is 10.5. The van der Waals surface area contributed by atoms with E-state index in [1.54, 1.807) is 0 Å². The van der Waals surface area contributed by atoms with Crippen molar-refractivity contribution in [1.82, 2.24) is 4.90 Å². The van der Waals surface area contributed by atoms with E-state index in [-0.39, 0.29) is 23.7 Å². The smallest absolute Gasteiger partial charge is 0.410 e. The lowest BCUT2D eigenvalue weighted by Crippen LogP contribution is -2.36. The Hall–Kier alpha value is -2.08. The van der Waals surface area contributed by atoms with Crippen LogP contribution in [0.5, 0.6) is 0 Å². The lowest BCUT2D eigenvalue weighted by Gasteiger charge is -2.20. The minimum Gasteiger partial charge on any atom is -0.480 e. The number of aliphatic carboxylic acids is 1. The summed E-state index contributed by atoms with van der Waals surface area (Å²) in [7, 11) is 0. The van der Waals surface area contributed by atoms with Crippen LogP contribution in [0.2, 0.25) is 5.02 Å². The van der Waals surface area contributed by atoms with Gasteiger partial charge in [-0.3, -0.25) is 9.69 Å². The first-order valence-corrected chi connectivity index (χ1v) is 6.00. The van der Waals surface area contributed by atoms with Gasteiger partial charge in [0.05, 0.1) is 6.54 Å². The van der Waals surface area contributed by atoms with Crippen molar-refractivity contribution >= 4 is 23.7 Å². The van der Waals surface area contributed by atoms with Crippen LogP contribution in [-0.2, 0) is 16.1 Å². The molecular weight excluding hydrogens is 289 g/mol. The highest BCUT2D eigenvalue weighted by atomic mass is 35.5. The average Bonchev–Trinajstić information content (AvgIpc) is 2.38. The average molecular weight is 302 g/mol. The Morgan fingerprint density at radius 2 is 2.20 bits per heavy atom. The number of amides is 1. The highest BCUT2D eigenvalue weighted by molar-refractivity contribution is 6.31. The SMILES string of the molecule is C=CCOC(=O)N(CC(=O)O)Cc1c(F)cccc1Cl. The minimum atomic E-state index is -1.24. The number of halogens is 2. The Labute approximate surface area is 120 Å². The van der Waals surface area contributed by atoms with E-state index in [0.717, 1.165) is 4.90 Å². The van der Waals surface area contributed by atoms with Crippen LogP contribution in [0.25, 0.3) is 0 Å². The van der Waals surface area contributed by atoms with E-state index in [1.807, 2.05) is 0 Å². The first-order chi connectivity index (χ1) is 9.45. The maximum absolute atomic E-state index is 13.6. The molecule has 0 atom stereocenters. The molecule has 0 aliphatic heterocycles. The Balaban J connectivity index is 2.91. The summed E-state index contributed by atoms with van der Waals surface area (Å²) in [6, 6.07) is 4.04. The zero-order chi connectivity index (χ0) is 15.1. The molecule has 0 saturated carbocycles. The van der Waals surface area contributed by atoms with Crippen LogP contribution >= 0.6 is 11.6 Å². The van der Waals surface area contributed by atoms with E-state index in [4.69, 9.17) is 21.4 Å². The fourth-order valence-corrected chi connectivity index (χ4v) is 1.67. The molecule has 1 aromatic carbocycles. The predicted molar refractivity (Wildman–Crippen MR) is 71.0 cm³/mol. The van der Waals surface area contributed by atoms with Gasteiger partial charge in [0.1, 0.15) is 19.0 Å². The zero-order valence-corrected chi connectivity index (χ0v) is 11.3. The molecule has 0 saturated heterocycles. The van der Waals surface area contributed by atoms with Crippen LogP contribution in [0, 0.1) is 5.82 Å². The van der Waals surface area contributed by atoms with Gasteiger partial charge in [-0.15, -0.1) is 0 Å². The quantitative estimate of drug-likeness (QED) is 0.820. The lowest BCUT2D eigenvalue weighted by molar-refractivity contribution is -0.138. The number of hydrogen-bond acceptors (Lipinski definition) is 3. The van der Waals surface area contributed by atoms with Crippen molar-refractivity contribution in [1.29, 1.82) is 0 Å². The van der Waals surface area contributed by atoms with Crippen molar-refractivity contribution in [2.24, 2.45) is 0 Å². The van der Waals surface area contributed by atoms with Gasteiger partial charge >= 0.3 is 12.1 Å². The molecule has 108 valence electrons. The number of carbonyl (C=O) groups is 2. The summed E-state index contributed by atoms with van der Waals surface area (Å²) in [5.74, 6) is -1.86. The van der Waals surface area contributed by atoms with Crippen LogP contribution in [0.1, 0.15) is 5.56 Å². The molecule has 0 aliphatic rings. The molecule has 1 amide bonds. The normalized spacial score (nSPS) is 9.90. The first kappa shape index (κ1) is 16.0. The minimum absolute atomic E-state index is 0.0333. The maximum Gasteiger partial charge on any atom is 0.410 e. The van der Waals surface area contributed by atoms with Gasteiger partial charge in [-0.2, -0.15) is 0 Å². The van der Waals surface area contributed by atoms with Crippen molar-refractivity contribution in [2.75, 3.05) is 13.2 Å². The van der Waals surface area contributed by atoms with Crippen LogP contribution in [0.15, 0.2) is 30.9 Å². The van der Waals surface area contributed by atoms with Gasteiger partial charge < -0.3 is 9.84 Å². The van der Waals surface area contributed by atoms with Crippen LogP contribution in [0.3, 0.4) is 0 Å². The van der Waals surface area contributed by atoms with E-state index in [9.17, 15) is 14.0 Å².